The Kier molecular flexibility index (Phi) is 3.45. The van der Waals surface area contributed by atoms with Crippen LogP contribution < -0.4 is 10.6 Å². The average molecular weight is 196 g/mol. The van der Waals surface area contributed by atoms with Crippen LogP contribution in [-0.4, -0.2) is 25.2 Å². The molecule has 2 nitrogen and oxygen atoms in total. The summed E-state index contributed by atoms with van der Waals surface area (Å²) in [5.41, 5.74) is 0.516. The molecule has 2 heterocycles. The van der Waals surface area contributed by atoms with Crippen LogP contribution in [0.1, 0.15) is 45.4 Å². The molecule has 0 aromatic rings. The number of hydrogen-bond donors (Lipinski definition) is 2. The molecule has 1 atom stereocenters. The molecule has 0 aromatic carbocycles. The van der Waals surface area contributed by atoms with Gasteiger partial charge in [0.25, 0.3) is 0 Å². The summed E-state index contributed by atoms with van der Waals surface area (Å²) in [4.78, 5) is 0. The first-order valence-corrected chi connectivity index (χ1v) is 6.30. The lowest BCUT2D eigenvalue weighted by Crippen LogP contribution is -2.42. The summed E-state index contributed by atoms with van der Waals surface area (Å²) < 4.78 is 0. The molecule has 0 aromatic heterocycles. The topological polar surface area (TPSA) is 24.1 Å². The molecule has 1 unspecified atom stereocenters. The van der Waals surface area contributed by atoms with Gasteiger partial charge in [-0.15, -0.1) is 0 Å². The zero-order chi connectivity index (χ0) is 9.86. The molecule has 0 radical (unpaired) electrons. The zero-order valence-corrected chi connectivity index (χ0v) is 9.44. The summed E-state index contributed by atoms with van der Waals surface area (Å²) in [5.74, 6) is 0.974. The van der Waals surface area contributed by atoms with Crippen molar-refractivity contribution in [3.05, 3.63) is 0 Å². The van der Waals surface area contributed by atoms with Gasteiger partial charge in [0.05, 0.1) is 0 Å². The van der Waals surface area contributed by atoms with Gasteiger partial charge in [0.1, 0.15) is 0 Å². The second-order valence-electron chi connectivity index (χ2n) is 5.06. The third kappa shape index (κ3) is 2.29. The lowest BCUT2D eigenvalue weighted by molar-refractivity contribution is 0.238. The molecule has 0 bridgehead atoms. The zero-order valence-electron chi connectivity index (χ0n) is 9.44. The van der Waals surface area contributed by atoms with Crippen molar-refractivity contribution in [2.24, 2.45) is 5.92 Å². The Morgan fingerprint density at radius 3 is 2.57 bits per heavy atom. The first-order valence-electron chi connectivity index (χ1n) is 6.30. The highest BCUT2D eigenvalue weighted by molar-refractivity contribution is 4.94. The van der Waals surface area contributed by atoms with E-state index in [2.05, 4.69) is 17.6 Å². The van der Waals surface area contributed by atoms with Crippen molar-refractivity contribution >= 4 is 0 Å². The lowest BCUT2D eigenvalue weighted by Gasteiger charge is -2.34. The maximum Gasteiger partial charge on any atom is 0.0182 e. The van der Waals surface area contributed by atoms with Crippen molar-refractivity contribution in [3.8, 4) is 0 Å². The molecule has 14 heavy (non-hydrogen) atoms. The first kappa shape index (κ1) is 10.4. The fraction of sp³-hybridized carbons (Fsp3) is 1.00. The molecule has 2 N–H and O–H groups in total. The molecule has 2 heteroatoms. The third-order valence-electron chi connectivity index (χ3n) is 4.15. The number of hydrogen-bond acceptors (Lipinski definition) is 2. The Morgan fingerprint density at radius 2 is 2.00 bits per heavy atom. The minimum absolute atomic E-state index is 0.516. The molecule has 2 saturated heterocycles. The van der Waals surface area contributed by atoms with Crippen LogP contribution in [0.2, 0.25) is 0 Å². The van der Waals surface area contributed by atoms with Crippen molar-refractivity contribution in [1.82, 2.24) is 10.6 Å². The van der Waals surface area contributed by atoms with E-state index < -0.39 is 0 Å². The summed E-state index contributed by atoms with van der Waals surface area (Å²) in [5, 5.41) is 7.20. The van der Waals surface area contributed by atoms with Crippen molar-refractivity contribution in [3.63, 3.8) is 0 Å². The van der Waals surface area contributed by atoms with E-state index in [4.69, 9.17) is 0 Å². The number of nitrogens with one attached hydrogen (secondary N) is 2. The van der Waals surface area contributed by atoms with Crippen LogP contribution in [0.25, 0.3) is 0 Å². The van der Waals surface area contributed by atoms with E-state index in [1.807, 2.05) is 0 Å². The van der Waals surface area contributed by atoms with E-state index in [1.54, 1.807) is 0 Å². The molecule has 0 aliphatic carbocycles. The smallest absolute Gasteiger partial charge is 0.0182 e. The standard InChI is InChI=1S/C12H24N2/c1-2-12(6-3-7-14-12)10-11-4-8-13-9-5-11/h11,13-14H,2-10H2,1H3. The molecule has 0 spiro atoms. The molecular formula is C12H24N2. The molecule has 2 fully saturated rings. The van der Waals surface area contributed by atoms with Crippen LogP contribution in [0.15, 0.2) is 0 Å². The first-order chi connectivity index (χ1) is 6.85. The second kappa shape index (κ2) is 4.63. The minimum atomic E-state index is 0.516. The fourth-order valence-corrected chi connectivity index (χ4v) is 3.13. The van der Waals surface area contributed by atoms with Crippen molar-refractivity contribution in [1.29, 1.82) is 0 Å². The van der Waals surface area contributed by atoms with Crippen molar-refractivity contribution in [2.75, 3.05) is 19.6 Å². The third-order valence-corrected chi connectivity index (χ3v) is 4.15. The molecular weight excluding hydrogens is 172 g/mol. The molecule has 2 aliphatic heterocycles. The van der Waals surface area contributed by atoms with Gasteiger partial charge in [0.2, 0.25) is 0 Å². The van der Waals surface area contributed by atoms with E-state index in [0.29, 0.717) is 5.54 Å². The van der Waals surface area contributed by atoms with Gasteiger partial charge in [0.15, 0.2) is 0 Å². The maximum absolute atomic E-state index is 3.75. The fourth-order valence-electron chi connectivity index (χ4n) is 3.13. The van der Waals surface area contributed by atoms with Gasteiger partial charge in [-0.3, -0.25) is 0 Å². The van der Waals surface area contributed by atoms with Crippen LogP contribution >= 0.6 is 0 Å². The van der Waals surface area contributed by atoms with Crippen molar-refractivity contribution in [2.45, 2.75) is 51.0 Å². The minimum Gasteiger partial charge on any atom is -0.317 e. The molecule has 2 aliphatic rings. The highest BCUT2D eigenvalue weighted by Gasteiger charge is 2.34. The Balaban J connectivity index is 1.86. The number of rotatable bonds is 3. The van der Waals surface area contributed by atoms with Crippen molar-refractivity contribution < 1.29 is 0 Å². The van der Waals surface area contributed by atoms with Crippen LogP contribution in [0.3, 0.4) is 0 Å². The van der Waals surface area contributed by atoms with Crippen LogP contribution in [-0.2, 0) is 0 Å². The maximum atomic E-state index is 3.75. The monoisotopic (exact) mass is 196 g/mol. The second-order valence-corrected chi connectivity index (χ2v) is 5.06. The van der Waals surface area contributed by atoms with Crippen LogP contribution in [0.4, 0.5) is 0 Å². The Hall–Kier alpha value is -0.0800. The summed E-state index contributed by atoms with van der Waals surface area (Å²) in [6, 6.07) is 0. The summed E-state index contributed by atoms with van der Waals surface area (Å²) >= 11 is 0. The normalized spacial score (nSPS) is 34.9. The Bertz CT molecular complexity index is 167. The average Bonchev–Trinajstić information content (AvgIpc) is 2.69. The quantitative estimate of drug-likeness (QED) is 0.720. The molecule has 0 amide bonds. The van der Waals surface area contributed by atoms with E-state index in [-0.39, 0.29) is 0 Å². The molecule has 0 saturated carbocycles. The van der Waals surface area contributed by atoms with E-state index in [0.717, 1.165) is 5.92 Å². The predicted octanol–water partition coefficient (Wildman–Crippen LogP) is 1.91. The largest absolute Gasteiger partial charge is 0.317 e. The van der Waals surface area contributed by atoms with Crippen LogP contribution in [0, 0.1) is 5.92 Å². The summed E-state index contributed by atoms with van der Waals surface area (Å²) in [6.07, 6.45) is 8.32. The molecule has 82 valence electrons. The van der Waals surface area contributed by atoms with Gasteiger partial charge < -0.3 is 10.6 Å². The van der Waals surface area contributed by atoms with E-state index in [9.17, 15) is 0 Å². The lowest BCUT2D eigenvalue weighted by atomic mass is 9.80. The Labute approximate surface area is 87.8 Å². The van der Waals surface area contributed by atoms with Crippen LogP contribution in [0.5, 0.6) is 0 Å². The summed E-state index contributed by atoms with van der Waals surface area (Å²) in [7, 11) is 0. The van der Waals surface area contributed by atoms with Gasteiger partial charge in [-0.1, -0.05) is 6.92 Å². The number of piperidine rings is 1. The SMILES string of the molecule is CCC1(CC2CCNCC2)CCCN1. The highest BCUT2D eigenvalue weighted by atomic mass is 15.0. The van der Waals surface area contributed by atoms with E-state index in [1.165, 1.54) is 58.2 Å². The van der Waals surface area contributed by atoms with Gasteiger partial charge >= 0.3 is 0 Å². The molecule has 2 rings (SSSR count). The van der Waals surface area contributed by atoms with Gasteiger partial charge in [-0.2, -0.15) is 0 Å². The summed E-state index contributed by atoms with van der Waals surface area (Å²) in [6.45, 7) is 6.08. The van der Waals surface area contributed by atoms with Gasteiger partial charge in [-0.25, -0.2) is 0 Å². The van der Waals surface area contributed by atoms with E-state index >= 15 is 0 Å². The van der Waals surface area contributed by atoms with Gasteiger partial charge in [-0.05, 0) is 64.1 Å². The van der Waals surface area contributed by atoms with Gasteiger partial charge in [0, 0.05) is 5.54 Å². The highest BCUT2D eigenvalue weighted by Crippen LogP contribution is 2.32. The predicted molar refractivity (Wildman–Crippen MR) is 60.5 cm³/mol. The Morgan fingerprint density at radius 1 is 1.21 bits per heavy atom.